The predicted molar refractivity (Wildman–Crippen MR) is 124 cm³/mol. The standard InChI is InChI=1S/C23H20FN3O3S2/c24-16-12-15(5-6-18(16)30-10-9-26-7-1-2-8-26)27-14-25-17-13-20(32-22(17)23(27)29)21(28)19-4-3-11-31-19/h3-6,11-14H,1-2,7-10H2. The first-order valence-electron chi connectivity index (χ1n) is 10.3. The number of likely N-dealkylation sites (tertiary alicyclic amines) is 1. The molecular weight excluding hydrogens is 449 g/mol. The van der Waals surface area contributed by atoms with Crippen LogP contribution >= 0.6 is 22.7 Å². The second kappa shape index (κ2) is 8.93. The minimum Gasteiger partial charge on any atom is -0.489 e. The van der Waals surface area contributed by atoms with E-state index in [2.05, 4.69) is 9.88 Å². The second-order valence-electron chi connectivity index (χ2n) is 7.56. The molecule has 9 heteroatoms. The van der Waals surface area contributed by atoms with Crippen molar-refractivity contribution in [3.05, 3.63) is 74.0 Å². The molecule has 164 valence electrons. The van der Waals surface area contributed by atoms with E-state index >= 15 is 0 Å². The first kappa shape index (κ1) is 21.0. The smallest absolute Gasteiger partial charge is 0.275 e. The van der Waals surface area contributed by atoms with Gasteiger partial charge in [0.1, 0.15) is 17.6 Å². The van der Waals surface area contributed by atoms with Crippen LogP contribution in [-0.4, -0.2) is 46.5 Å². The van der Waals surface area contributed by atoms with Crippen LogP contribution in [0.1, 0.15) is 27.4 Å². The van der Waals surface area contributed by atoms with Crippen molar-refractivity contribution >= 4 is 38.7 Å². The number of fused-ring (bicyclic) bond motifs is 1. The van der Waals surface area contributed by atoms with Crippen LogP contribution in [0.25, 0.3) is 15.9 Å². The Kier molecular flexibility index (Phi) is 5.86. The fourth-order valence-corrected chi connectivity index (χ4v) is 5.52. The molecule has 0 aliphatic carbocycles. The van der Waals surface area contributed by atoms with Gasteiger partial charge in [0.2, 0.25) is 5.78 Å². The SMILES string of the molecule is O=C(c1cccs1)c1cc2ncn(-c3ccc(OCCN4CCCC4)c(F)c3)c(=O)c2s1. The number of nitrogens with zero attached hydrogens (tertiary/aromatic N) is 3. The molecule has 4 heterocycles. The van der Waals surface area contributed by atoms with Crippen molar-refractivity contribution in [1.82, 2.24) is 14.5 Å². The Hall–Kier alpha value is -2.88. The Bertz CT molecular complexity index is 1320. The number of aromatic nitrogens is 2. The third-order valence-electron chi connectivity index (χ3n) is 5.46. The van der Waals surface area contributed by atoms with Gasteiger partial charge in [0.15, 0.2) is 11.6 Å². The molecule has 1 fully saturated rings. The number of rotatable bonds is 7. The molecule has 5 rings (SSSR count). The zero-order valence-corrected chi connectivity index (χ0v) is 18.8. The monoisotopic (exact) mass is 469 g/mol. The second-order valence-corrected chi connectivity index (χ2v) is 9.56. The van der Waals surface area contributed by atoms with E-state index in [1.807, 2.05) is 11.4 Å². The van der Waals surface area contributed by atoms with Gasteiger partial charge in [-0.3, -0.25) is 19.1 Å². The maximum Gasteiger partial charge on any atom is 0.275 e. The van der Waals surface area contributed by atoms with Gasteiger partial charge in [0, 0.05) is 12.6 Å². The van der Waals surface area contributed by atoms with Crippen molar-refractivity contribution in [1.29, 1.82) is 0 Å². The summed E-state index contributed by atoms with van der Waals surface area (Å²) >= 11 is 2.46. The van der Waals surface area contributed by atoms with Gasteiger partial charge in [0.25, 0.3) is 5.56 Å². The minimum absolute atomic E-state index is 0.129. The molecule has 0 saturated carbocycles. The van der Waals surface area contributed by atoms with Gasteiger partial charge >= 0.3 is 0 Å². The summed E-state index contributed by atoms with van der Waals surface area (Å²) in [5, 5.41) is 1.83. The van der Waals surface area contributed by atoms with Crippen LogP contribution in [-0.2, 0) is 0 Å². The summed E-state index contributed by atoms with van der Waals surface area (Å²) in [4.78, 5) is 33.3. The molecule has 0 amide bonds. The van der Waals surface area contributed by atoms with Crippen LogP contribution < -0.4 is 10.3 Å². The van der Waals surface area contributed by atoms with E-state index in [-0.39, 0.29) is 17.1 Å². The summed E-state index contributed by atoms with van der Waals surface area (Å²) in [5.74, 6) is -0.499. The van der Waals surface area contributed by atoms with Crippen molar-refractivity contribution in [2.75, 3.05) is 26.2 Å². The van der Waals surface area contributed by atoms with Crippen LogP contribution in [0.2, 0.25) is 0 Å². The molecule has 1 aromatic carbocycles. The molecule has 0 atom stereocenters. The van der Waals surface area contributed by atoms with Crippen LogP contribution in [0.4, 0.5) is 4.39 Å². The minimum atomic E-state index is -0.532. The number of ketones is 1. The summed E-state index contributed by atoms with van der Waals surface area (Å²) in [6.45, 7) is 3.31. The van der Waals surface area contributed by atoms with Crippen LogP contribution in [0.3, 0.4) is 0 Å². The van der Waals surface area contributed by atoms with Gasteiger partial charge in [-0.25, -0.2) is 9.37 Å². The highest BCUT2D eigenvalue weighted by Crippen LogP contribution is 2.26. The van der Waals surface area contributed by atoms with Gasteiger partial charge in [-0.1, -0.05) is 6.07 Å². The van der Waals surface area contributed by atoms with Crippen molar-refractivity contribution in [2.45, 2.75) is 12.8 Å². The topological polar surface area (TPSA) is 64.4 Å². The zero-order chi connectivity index (χ0) is 22.1. The molecule has 6 nitrogen and oxygen atoms in total. The van der Waals surface area contributed by atoms with Crippen LogP contribution in [0.5, 0.6) is 5.75 Å². The van der Waals surface area contributed by atoms with Crippen LogP contribution in [0, 0.1) is 5.82 Å². The largest absolute Gasteiger partial charge is 0.489 e. The van der Waals surface area contributed by atoms with E-state index < -0.39 is 5.82 Å². The molecule has 4 aromatic rings. The first-order chi connectivity index (χ1) is 15.6. The van der Waals surface area contributed by atoms with Gasteiger partial charge in [-0.2, -0.15) is 0 Å². The molecule has 1 aliphatic heterocycles. The Morgan fingerprint density at radius 2 is 2.00 bits per heavy atom. The average Bonchev–Trinajstić information content (AvgIpc) is 3.56. The lowest BCUT2D eigenvalue weighted by atomic mass is 10.2. The summed E-state index contributed by atoms with van der Waals surface area (Å²) in [7, 11) is 0. The molecule has 32 heavy (non-hydrogen) atoms. The Morgan fingerprint density at radius 1 is 1.16 bits per heavy atom. The van der Waals surface area contributed by atoms with Gasteiger partial charge in [0.05, 0.1) is 21.0 Å². The maximum absolute atomic E-state index is 14.6. The van der Waals surface area contributed by atoms with E-state index in [1.54, 1.807) is 18.2 Å². The number of carbonyl (C=O) groups excluding carboxylic acids is 1. The van der Waals surface area contributed by atoms with Crippen molar-refractivity contribution in [2.24, 2.45) is 0 Å². The molecule has 0 N–H and O–H groups in total. The number of ether oxygens (including phenoxy) is 1. The molecule has 0 radical (unpaired) electrons. The highest BCUT2D eigenvalue weighted by molar-refractivity contribution is 7.21. The Morgan fingerprint density at radius 3 is 2.75 bits per heavy atom. The Balaban J connectivity index is 1.38. The molecule has 1 saturated heterocycles. The first-order valence-corrected chi connectivity index (χ1v) is 12.0. The maximum atomic E-state index is 14.6. The van der Waals surface area contributed by atoms with E-state index in [1.165, 1.54) is 47.2 Å². The highest BCUT2D eigenvalue weighted by Gasteiger charge is 2.18. The zero-order valence-electron chi connectivity index (χ0n) is 17.1. The van der Waals surface area contributed by atoms with E-state index in [4.69, 9.17) is 4.74 Å². The van der Waals surface area contributed by atoms with Gasteiger partial charge < -0.3 is 4.74 Å². The molecule has 3 aromatic heterocycles. The third-order valence-corrected chi connectivity index (χ3v) is 7.44. The lowest BCUT2D eigenvalue weighted by Crippen LogP contribution is -2.25. The fourth-order valence-electron chi connectivity index (χ4n) is 3.78. The van der Waals surface area contributed by atoms with E-state index in [0.29, 0.717) is 32.3 Å². The lowest BCUT2D eigenvalue weighted by Gasteiger charge is -2.15. The van der Waals surface area contributed by atoms with E-state index in [9.17, 15) is 14.0 Å². The summed E-state index contributed by atoms with van der Waals surface area (Å²) in [6, 6.07) is 9.63. The number of carbonyl (C=O) groups is 1. The average molecular weight is 470 g/mol. The fraction of sp³-hybridized carbons (Fsp3) is 0.261. The molecule has 0 bridgehead atoms. The molecular formula is C23H20FN3O3S2. The van der Waals surface area contributed by atoms with Gasteiger partial charge in [-0.05, 0) is 55.6 Å². The lowest BCUT2D eigenvalue weighted by molar-refractivity contribution is 0.104. The van der Waals surface area contributed by atoms with E-state index in [0.717, 1.165) is 31.0 Å². The van der Waals surface area contributed by atoms with Crippen molar-refractivity contribution < 1.29 is 13.9 Å². The summed E-state index contributed by atoms with van der Waals surface area (Å²) in [6.07, 6.45) is 3.76. The quantitative estimate of drug-likeness (QED) is 0.377. The summed E-state index contributed by atoms with van der Waals surface area (Å²) in [5.41, 5.74) is 0.471. The number of benzene rings is 1. The number of halogens is 1. The number of hydrogen-bond donors (Lipinski definition) is 0. The Labute approximate surface area is 191 Å². The highest BCUT2D eigenvalue weighted by atomic mass is 32.1. The molecule has 0 unspecified atom stereocenters. The van der Waals surface area contributed by atoms with Crippen molar-refractivity contribution in [3.8, 4) is 11.4 Å². The molecule has 1 aliphatic rings. The van der Waals surface area contributed by atoms with Crippen molar-refractivity contribution in [3.63, 3.8) is 0 Å². The normalized spacial score (nSPS) is 14.3. The van der Waals surface area contributed by atoms with Crippen LogP contribution in [0.15, 0.2) is 52.9 Å². The summed E-state index contributed by atoms with van der Waals surface area (Å²) < 4.78 is 21.9. The predicted octanol–water partition coefficient (Wildman–Crippen LogP) is 4.35. The molecule has 0 spiro atoms. The van der Waals surface area contributed by atoms with Gasteiger partial charge in [-0.15, -0.1) is 22.7 Å². The third kappa shape index (κ3) is 4.11. The number of thiophene rings is 2. The number of hydrogen-bond acceptors (Lipinski definition) is 7.